The minimum Gasteiger partial charge on any atom is -0.481 e. The predicted octanol–water partition coefficient (Wildman–Crippen LogP) is 3.25. The number of carbonyl (C=O) groups is 2. The van der Waals surface area contributed by atoms with Gasteiger partial charge in [0.25, 0.3) is 0 Å². The summed E-state index contributed by atoms with van der Waals surface area (Å²) in [6.07, 6.45) is 0.234. The van der Waals surface area contributed by atoms with E-state index in [9.17, 15) is 9.59 Å². The topological polar surface area (TPSA) is 66.4 Å². The Hall–Kier alpha value is -1.84. The van der Waals surface area contributed by atoms with Crippen molar-refractivity contribution in [2.24, 2.45) is 5.92 Å². The first-order valence-electron chi connectivity index (χ1n) is 6.50. The smallest absolute Gasteiger partial charge is 0.303 e. The number of aliphatic carboxylic acids is 1. The van der Waals surface area contributed by atoms with Crippen molar-refractivity contribution in [3.63, 3.8) is 0 Å². The highest BCUT2D eigenvalue weighted by molar-refractivity contribution is 5.92. The lowest BCUT2D eigenvalue weighted by atomic mass is 10.00. The summed E-state index contributed by atoms with van der Waals surface area (Å²) in [6, 6.07) is 7.68. The fourth-order valence-electron chi connectivity index (χ4n) is 2.00. The van der Waals surface area contributed by atoms with Gasteiger partial charge in [-0.2, -0.15) is 0 Å². The highest BCUT2D eigenvalue weighted by Gasteiger charge is 2.14. The van der Waals surface area contributed by atoms with Gasteiger partial charge in [-0.05, 0) is 23.5 Å². The Morgan fingerprint density at radius 2 is 1.79 bits per heavy atom. The molecule has 0 aliphatic rings. The van der Waals surface area contributed by atoms with Gasteiger partial charge in [0.2, 0.25) is 5.91 Å². The lowest BCUT2D eigenvalue weighted by Gasteiger charge is -2.14. The van der Waals surface area contributed by atoms with E-state index in [1.807, 2.05) is 24.3 Å². The van der Waals surface area contributed by atoms with Crippen LogP contribution in [0.5, 0.6) is 0 Å². The molecule has 0 aliphatic carbocycles. The monoisotopic (exact) mass is 263 g/mol. The summed E-state index contributed by atoms with van der Waals surface area (Å²) in [5, 5.41) is 11.5. The van der Waals surface area contributed by atoms with Crippen LogP contribution in [0.25, 0.3) is 0 Å². The maximum absolute atomic E-state index is 11.9. The number of benzene rings is 1. The quantitative estimate of drug-likeness (QED) is 0.828. The SMILES string of the molecule is CC(CC(=O)O)CC(=O)Nc1ccccc1C(C)C. The molecule has 0 saturated heterocycles. The molecule has 4 heteroatoms. The van der Waals surface area contributed by atoms with Crippen LogP contribution in [0.15, 0.2) is 24.3 Å². The number of hydrogen-bond donors (Lipinski definition) is 2. The van der Waals surface area contributed by atoms with E-state index >= 15 is 0 Å². The average Bonchev–Trinajstić information content (AvgIpc) is 2.27. The minimum absolute atomic E-state index is 0.0131. The molecule has 19 heavy (non-hydrogen) atoms. The van der Waals surface area contributed by atoms with Gasteiger partial charge < -0.3 is 10.4 Å². The van der Waals surface area contributed by atoms with Gasteiger partial charge in [-0.3, -0.25) is 9.59 Å². The molecule has 1 aromatic rings. The van der Waals surface area contributed by atoms with Crippen LogP contribution in [0.4, 0.5) is 5.69 Å². The second-order valence-corrected chi connectivity index (χ2v) is 5.20. The van der Waals surface area contributed by atoms with Crippen LogP contribution >= 0.6 is 0 Å². The van der Waals surface area contributed by atoms with Gasteiger partial charge in [0, 0.05) is 18.5 Å². The van der Waals surface area contributed by atoms with Crippen LogP contribution in [0.3, 0.4) is 0 Å². The molecule has 1 aromatic carbocycles. The average molecular weight is 263 g/mol. The number of amides is 1. The van der Waals surface area contributed by atoms with Crippen molar-refractivity contribution < 1.29 is 14.7 Å². The Bertz CT molecular complexity index is 454. The van der Waals surface area contributed by atoms with Crippen LogP contribution in [-0.4, -0.2) is 17.0 Å². The zero-order valence-corrected chi connectivity index (χ0v) is 11.6. The number of para-hydroxylation sites is 1. The summed E-state index contributed by atoms with van der Waals surface area (Å²) in [5.74, 6) is -0.846. The maximum Gasteiger partial charge on any atom is 0.303 e. The predicted molar refractivity (Wildman–Crippen MR) is 75.2 cm³/mol. The summed E-state index contributed by atoms with van der Waals surface area (Å²) in [4.78, 5) is 22.4. The second kappa shape index (κ2) is 6.92. The number of anilines is 1. The van der Waals surface area contributed by atoms with Crippen molar-refractivity contribution in [3.8, 4) is 0 Å². The van der Waals surface area contributed by atoms with E-state index in [-0.39, 0.29) is 24.7 Å². The zero-order chi connectivity index (χ0) is 14.4. The van der Waals surface area contributed by atoms with Gasteiger partial charge in [0.15, 0.2) is 0 Å². The number of carboxylic acids is 1. The summed E-state index contributed by atoms with van der Waals surface area (Å²) in [6.45, 7) is 5.90. The first-order chi connectivity index (χ1) is 8.90. The molecule has 0 bridgehead atoms. The van der Waals surface area contributed by atoms with Gasteiger partial charge in [-0.15, -0.1) is 0 Å². The third-order valence-corrected chi connectivity index (χ3v) is 2.91. The molecule has 0 radical (unpaired) electrons. The fourth-order valence-corrected chi connectivity index (χ4v) is 2.00. The third kappa shape index (κ3) is 5.12. The summed E-state index contributed by atoms with van der Waals surface area (Å²) >= 11 is 0. The Morgan fingerprint density at radius 3 is 2.37 bits per heavy atom. The first-order valence-corrected chi connectivity index (χ1v) is 6.50. The van der Waals surface area contributed by atoms with Crippen molar-refractivity contribution in [2.75, 3.05) is 5.32 Å². The molecule has 1 rings (SSSR count). The molecule has 0 aromatic heterocycles. The highest BCUT2D eigenvalue weighted by Crippen LogP contribution is 2.24. The maximum atomic E-state index is 11.9. The molecule has 1 amide bonds. The minimum atomic E-state index is -0.872. The van der Waals surface area contributed by atoms with Gasteiger partial charge in [0.1, 0.15) is 0 Å². The fraction of sp³-hybridized carbons (Fsp3) is 0.467. The van der Waals surface area contributed by atoms with E-state index in [1.54, 1.807) is 6.92 Å². The van der Waals surface area contributed by atoms with E-state index in [0.29, 0.717) is 5.92 Å². The lowest BCUT2D eigenvalue weighted by molar-refractivity contribution is -0.138. The molecule has 0 fully saturated rings. The molecule has 1 atom stereocenters. The molecule has 1 unspecified atom stereocenters. The Kier molecular flexibility index (Phi) is 5.55. The lowest BCUT2D eigenvalue weighted by Crippen LogP contribution is -2.18. The molecule has 0 spiro atoms. The number of hydrogen-bond acceptors (Lipinski definition) is 2. The van der Waals surface area contributed by atoms with Crippen LogP contribution in [0.1, 0.15) is 45.1 Å². The molecule has 0 aliphatic heterocycles. The first kappa shape index (κ1) is 15.2. The van der Waals surface area contributed by atoms with Crippen molar-refractivity contribution in [1.82, 2.24) is 0 Å². The van der Waals surface area contributed by atoms with E-state index in [4.69, 9.17) is 5.11 Å². The molecule has 0 saturated carbocycles. The van der Waals surface area contributed by atoms with Crippen molar-refractivity contribution in [2.45, 2.75) is 39.5 Å². The zero-order valence-electron chi connectivity index (χ0n) is 11.6. The van der Waals surface area contributed by atoms with Crippen LogP contribution in [0.2, 0.25) is 0 Å². The summed E-state index contributed by atoms with van der Waals surface area (Å²) < 4.78 is 0. The standard InChI is InChI=1S/C15H21NO3/c1-10(2)12-6-4-5-7-13(12)16-14(17)8-11(3)9-15(18)19/h4-7,10-11H,8-9H2,1-3H3,(H,16,17)(H,18,19). The van der Waals surface area contributed by atoms with E-state index < -0.39 is 5.97 Å². The van der Waals surface area contributed by atoms with E-state index in [0.717, 1.165) is 11.3 Å². The number of carboxylic acid groups (broad SMARTS) is 1. The summed E-state index contributed by atoms with van der Waals surface area (Å²) in [5.41, 5.74) is 1.90. The number of nitrogens with one attached hydrogen (secondary N) is 1. The molecular weight excluding hydrogens is 242 g/mol. The third-order valence-electron chi connectivity index (χ3n) is 2.91. The van der Waals surface area contributed by atoms with E-state index in [1.165, 1.54) is 0 Å². The molecule has 104 valence electrons. The largest absolute Gasteiger partial charge is 0.481 e. The molecule has 0 heterocycles. The van der Waals surface area contributed by atoms with E-state index in [2.05, 4.69) is 19.2 Å². The molecule has 4 nitrogen and oxygen atoms in total. The normalized spacial score (nSPS) is 12.2. The Balaban J connectivity index is 2.64. The van der Waals surface area contributed by atoms with Gasteiger partial charge in [-0.25, -0.2) is 0 Å². The van der Waals surface area contributed by atoms with Crippen LogP contribution in [-0.2, 0) is 9.59 Å². The number of carbonyl (C=O) groups excluding carboxylic acids is 1. The van der Waals surface area contributed by atoms with Crippen LogP contribution < -0.4 is 5.32 Å². The van der Waals surface area contributed by atoms with Crippen molar-refractivity contribution >= 4 is 17.6 Å². The highest BCUT2D eigenvalue weighted by atomic mass is 16.4. The van der Waals surface area contributed by atoms with Crippen LogP contribution in [0, 0.1) is 5.92 Å². The number of rotatable bonds is 6. The van der Waals surface area contributed by atoms with Gasteiger partial charge in [0.05, 0.1) is 0 Å². The van der Waals surface area contributed by atoms with Crippen molar-refractivity contribution in [3.05, 3.63) is 29.8 Å². The Morgan fingerprint density at radius 1 is 1.16 bits per heavy atom. The molecule has 2 N–H and O–H groups in total. The second-order valence-electron chi connectivity index (χ2n) is 5.20. The van der Waals surface area contributed by atoms with Crippen molar-refractivity contribution in [1.29, 1.82) is 0 Å². The molecular formula is C15H21NO3. The Labute approximate surface area is 113 Å². The summed E-state index contributed by atoms with van der Waals surface area (Å²) in [7, 11) is 0. The van der Waals surface area contributed by atoms with Gasteiger partial charge >= 0.3 is 5.97 Å². The van der Waals surface area contributed by atoms with Gasteiger partial charge in [-0.1, -0.05) is 39.0 Å².